The van der Waals surface area contributed by atoms with E-state index in [0.29, 0.717) is 0 Å². The molecule has 36 heavy (non-hydrogen) atoms. The maximum absolute atomic E-state index is 13.6. The van der Waals surface area contributed by atoms with Crippen LogP contribution in [0.15, 0.2) is 94.5 Å². The predicted molar refractivity (Wildman–Crippen MR) is 138 cm³/mol. The number of benzene rings is 3. The highest BCUT2D eigenvalue weighted by Crippen LogP contribution is 2.28. The molecule has 7 nitrogen and oxygen atoms in total. The van der Waals surface area contributed by atoms with E-state index in [2.05, 4.69) is 0 Å². The molecule has 0 spiro atoms. The number of halogens is 1. The third-order valence-corrected chi connectivity index (χ3v) is 6.18. The molecule has 0 saturated carbocycles. The highest BCUT2D eigenvalue weighted by molar-refractivity contribution is 6.01. The number of hydrogen-bond acceptors (Lipinski definition) is 5. The first-order chi connectivity index (χ1) is 17.3. The molecule has 0 amide bonds. The van der Waals surface area contributed by atoms with Gasteiger partial charge >= 0.3 is 5.69 Å². The molecule has 1 unspecified atom stereocenters. The molecule has 0 aliphatic carbocycles. The van der Waals surface area contributed by atoms with Gasteiger partial charge in [-0.2, -0.15) is 0 Å². The lowest BCUT2D eigenvalue weighted by Crippen LogP contribution is -2.44. The number of carbonyl (C=O) groups is 1. The lowest BCUT2D eigenvalue weighted by Gasteiger charge is -2.28. The van der Waals surface area contributed by atoms with Crippen LogP contribution in [0.1, 0.15) is 33.1 Å². The zero-order valence-electron chi connectivity index (χ0n) is 20.1. The zero-order valence-corrected chi connectivity index (χ0v) is 20.1. The first-order valence-electron chi connectivity index (χ1n) is 11.4. The average molecular weight is 487 g/mol. The van der Waals surface area contributed by atoms with Gasteiger partial charge < -0.3 is 5.73 Å². The van der Waals surface area contributed by atoms with Gasteiger partial charge in [0.25, 0.3) is 5.56 Å². The van der Waals surface area contributed by atoms with Crippen molar-refractivity contribution in [1.29, 1.82) is 0 Å². The number of anilines is 1. The summed E-state index contributed by atoms with van der Waals surface area (Å²) in [5, 5.41) is 0. The molecule has 0 bridgehead atoms. The number of rotatable bonds is 8. The predicted octanol–water partition coefficient (Wildman–Crippen LogP) is 3.22. The second kappa shape index (κ2) is 10.5. The summed E-state index contributed by atoms with van der Waals surface area (Å²) in [6.07, 6.45) is 0. The van der Waals surface area contributed by atoms with E-state index in [1.165, 1.54) is 23.7 Å². The molecule has 3 aromatic carbocycles. The van der Waals surface area contributed by atoms with E-state index in [1.54, 1.807) is 24.1 Å². The number of nitrogen functional groups attached to an aromatic ring is 1. The Morgan fingerprint density at radius 1 is 0.917 bits per heavy atom. The van der Waals surface area contributed by atoms with Gasteiger partial charge in [-0.3, -0.25) is 23.6 Å². The number of aromatic nitrogens is 2. The van der Waals surface area contributed by atoms with Crippen LogP contribution in [0, 0.1) is 5.82 Å². The van der Waals surface area contributed by atoms with Crippen LogP contribution in [0.5, 0.6) is 0 Å². The van der Waals surface area contributed by atoms with Gasteiger partial charge in [-0.05, 0) is 35.9 Å². The molecule has 1 atom stereocenters. The number of hydrogen-bond donors (Lipinski definition) is 1. The van der Waals surface area contributed by atoms with E-state index < -0.39 is 17.0 Å². The normalized spacial score (nSPS) is 12.0. The third-order valence-electron chi connectivity index (χ3n) is 6.18. The largest absolute Gasteiger partial charge is 0.384 e. The summed E-state index contributed by atoms with van der Waals surface area (Å²) in [6, 6.07) is 24.4. The number of nitrogens with zero attached hydrogens (tertiary/aromatic N) is 3. The summed E-state index contributed by atoms with van der Waals surface area (Å²) in [7, 11) is 3.08. The molecule has 0 fully saturated rings. The molecule has 0 radical (unpaired) electrons. The van der Waals surface area contributed by atoms with Crippen LogP contribution in [0.4, 0.5) is 10.2 Å². The van der Waals surface area contributed by atoms with Crippen molar-refractivity contribution >= 4 is 11.6 Å². The lowest BCUT2D eigenvalue weighted by atomic mass is 9.97. The van der Waals surface area contributed by atoms with Crippen molar-refractivity contribution in [3.05, 3.63) is 134 Å². The Kier molecular flexibility index (Phi) is 7.26. The van der Waals surface area contributed by atoms with E-state index in [4.69, 9.17) is 5.73 Å². The van der Waals surface area contributed by atoms with Crippen molar-refractivity contribution in [1.82, 2.24) is 14.0 Å². The summed E-state index contributed by atoms with van der Waals surface area (Å²) in [4.78, 5) is 41.0. The molecule has 2 N–H and O–H groups in total. The van der Waals surface area contributed by atoms with E-state index in [9.17, 15) is 18.8 Å². The summed E-state index contributed by atoms with van der Waals surface area (Å²) in [5.74, 6) is -1.04. The zero-order chi connectivity index (χ0) is 25.8. The van der Waals surface area contributed by atoms with Crippen molar-refractivity contribution in [3.8, 4) is 0 Å². The molecule has 8 heteroatoms. The summed E-state index contributed by atoms with van der Waals surface area (Å²) in [6.45, 7) is -0.0299. The highest BCUT2D eigenvalue weighted by Gasteiger charge is 2.26. The summed E-state index contributed by atoms with van der Waals surface area (Å²) >= 11 is 0. The van der Waals surface area contributed by atoms with Gasteiger partial charge in [0.1, 0.15) is 17.2 Å². The molecule has 4 aromatic rings. The number of likely N-dealkylation sites (N-methyl/N-ethyl adjacent to an activating group) is 1. The Balaban J connectivity index is 1.71. The summed E-state index contributed by atoms with van der Waals surface area (Å²) < 4.78 is 15.7. The number of ketones is 1. The van der Waals surface area contributed by atoms with Crippen LogP contribution >= 0.6 is 0 Å². The Morgan fingerprint density at radius 3 is 2.08 bits per heavy atom. The van der Waals surface area contributed by atoms with E-state index in [0.717, 1.165) is 21.3 Å². The van der Waals surface area contributed by atoms with Crippen LogP contribution in [-0.4, -0.2) is 33.4 Å². The molecular formula is C28H27FN4O3. The van der Waals surface area contributed by atoms with Gasteiger partial charge in [-0.15, -0.1) is 0 Å². The van der Waals surface area contributed by atoms with Crippen LogP contribution in [0.3, 0.4) is 0 Å². The number of Topliss-reactive ketones (excluding diaryl/α,β-unsaturated/α-hetero) is 1. The minimum absolute atomic E-state index is 0.123. The van der Waals surface area contributed by atoms with Crippen LogP contribution in [-0.2, 0) is 13.6 Å². The highest BCUT2D eigenvalue weighted by atomic mass is 19.1. The Bertz CT molecular complexity index is 1480. The molecule has 184 valence electrons. The fraction of sp³-hybridized carbons (Fsp3) is 0.179. The molecule has 0 aliphatic rings. The van der Waals surface area contributed by atoms with Crippen molar-refractivity contribution in [2.24, 2.45) is 7.05 Å². The van der Waals surface area contributed by atoms with Crippen molar-refractivity contribution in [3.63, 3.8) is 0 Å². The molecule has 0 saturated heterocycles. The second-order valence-corrected chi connectivity index (χ2v) is 8.68. The first kappa shape index (κ1) is 24.8. The van der Waals surface area contributed by atoms with Gasteiger partial charge in [-0.25, -0.2) is 9.18 Å². The van der Waals surface area contributed by atoms with Gasteiger partial charge in [0, 0.05) is 7.05 Å². The quantitative estimate of drug-likeness (QED) is 0.386. The molecule has 1 heterocycles. The average Bonchev–Trinajstić information content (AvgIpc) is 2.88. The fourth-order valence-electron chi connectivity index (χ4n) is 4.34. The van der Waals surface area contributed by atoms with E-state index >= 15 is 0 Å². The maximum Gasteiger partial charge on any atom is 0.332 e. The minimum atomic E-state index is -0.738. The lowest BCUT2D eigenvalue weighted by molar-refractivity contribution is 0.0928. The fourth-order valence-corrected chi connectivity index (χ4v) is 4.34. The molecule has 1 aromatic heterocycles. The molecule has 0 aliphatic heterocycles. The third kappa shape index (κ3) is 5.04. The van der Waals surface area contributed by atoms with Gasteiger partial charge in [-0.1, -0.05) is 72.8 Å². The van der Waals surface area contributed by atoms with Crippen molar-refractivity contribution < 1.29 is 9.18 Å². The minimum Gasteiger partial charge on any atom is -0.384 e. The molecular weight excluding hydrogens is 459 g/mol. The van der Waals surface area contributed by atoms with Crippen LogP contribution in [0.25, 0.3) is 0 Å². The van der Waals surface area contributed by atoms with Crippen molar-refractivity contribution in [2.75, 3.05) is 19.3 Å². The van der Waals surface area contributed by atoms with Crippen molar-refractivity contribution in [2.45, 2.75) is 12.6 Å². The Labute approximate surface area is 207 Å². The van der Waals surface area contributed by atoms with E-state index in [-0.39, 0.29) is 36.3 Å². The van der Waals surface area contributed by atoms with E-state index in [1.807, 2.05) is 60.7 Å². The molecule has 4 rings (SSSR count). The standard InChI is InChI=1S/C28H27FN4O3/c1-31(25(20-11-7-4-8-12-20)21-13-15-22(29)16-14-21)18-23(34)24-26(30)33(28(36)32(2)27(24)35)17-19-9-5-3-6-10-19/h3-16,25H,17-18,30H2,1-2H3. The Hall–Kier alpha value is -4.30. The van der Waals surface area contributed by atoms with Gasteiger partial charge in [0.15, 0.2) is 5.78 Å². The van der Waals surface area contributed by atoms with Gasteiger partial charge in [0.2, 0.25) is 0 Å². The second-order valence-electron chi connectivity index (χ2n) is 8.68. The Morgan fingerprint density at radius 2 is 1.47 bits per heavy atom. The smallest absolute Gasteiger partial charge is 0.332 e. The monoisotopic (exact) mass is 486 g/mol. The van der Waals surface area contributed by atoms with Crippen LogP contribution in [0.2, 0.25) is 0 Å². The van der Waals surface area contributed by atoms with Gasteiger partial charge in [0.05, 0.1) is 19.1 Å². The number of carbonyl (C=O) groups excluding carboxylic acids is 1. The first-order valence-corrected chi connectivity index (χ1v) is 11.4. The summed E-state index contributed by atoms with van der Waals surface area (Å²) in [5.41, 5.74) is 7.18. The maximum atomic E-state index is 13.6. The van der Waals surface area contributed by atoms with Crippen LogP contribution < -0.4 is 17.0 Å². The topological polar surface area (TPSA) is 90.3 Å². The SMILES string of the molecule is CN(CC(=O)c1c(N)n(Cc2ccccc2)c(=O)n(C)c1=O)C(c1ccccc1)c1ccc(F)cc1. The number of nitrogens with two attached hydrogens (primary N) is 1.